The van der Waals surface area contributed by atoms with Crippen LogP contribution in [-0.2, 0) is 10.0 Å². The average Bonchev–Trinajstić information content (AvgIpc) is 2.30. The number of sulfonamides is 1. The van der Waals surface area contributed by atoms with Crippen molar-refractivity contribution in [3.63, 3.8) is 0 Å². The van der Waals surface area contributed by atoms with Gasteiger partial charge in [0.2, 0.25) is 10.0 Å². The molecule has 1 heterocycles. The Bertz CT molecular complexity index is 595. The molecule has 0 spiro atoms. The molecule has 0 bridgehead atoms. The summed E-state index contributed by atoms with van der Waals surface area (Å²) < 4.78 is 26.0. The monoisotopic (exact) mass is 306 g/mol. The lowest BCUT2D eigenvalue weighted by molar-refractivity contribution is 0.337. The highest BCUT2D eigenvalue weighted by Gasteiger charge is 2.26. The van der Waals surface area contributed by atoms with Crippen LogP contribution in [0.1, 0.15) is 27.2 Å². The Labute approximate surface area is 118 Å². The molecule has 0 amide bonds. The normalized spacial score (nSPS) is 14.1. The maximum absolute atomic E-state index is 12.4. The minimum absolute atomic E-state index is 0.00444. The first kappa shape index (κ1) is 16.2. The SMILES string of the molecule is CC(C)CC(C)N(C)S(=O)(=O)c1c[nH]c(=O)c(Cl)c1. The molecule has 0 saturated carbocycles. The Hall–Kier alpha value is -0.850. The lowest BCUT2D eigenvalue weighted by Crippen LogP contribution is -2.36. The third-order valence-corrected chi connectivity index (χ3v) is 5.17. The highest BCUT2D eigenvalue weighted by molar-refractivity contribution is 7.89. The Kier molecular flexibility index (Phi) is 5.18. The first-order valence-corrected chi connectivity index (χ1v) is 7.84. The van der Waals surface area contributed by atoms with Crippen molar-refractivity contribution in [2.75, 3.05) is 7.05 Å². The van der Waals surface area contributed by atoms with E-state index in [0.29, 0.717) is 5.92 Å². The number of halogens is 1. The molecule has 7 heteroatoms. The Morgan fingerprint density at radius 1 is 1.37 bits per heavy atom. The minimum Gasteiger partial charge on any atom is -0.326 e. The second-order valence-electron chi connectivity index (χ2n) is 5.01. The number of nitrogens with zero attached hydrogens (tertiary/aromatic N) is 1. The molecule has 0 aliphatic carbocycles. The number of aromatic amines is 1. The molecular formula is C12H19ClN2O3S. The molecule has 1 N–H and O–H groups in total. The molecule has 0 aliphatic heterocycles. The van der Waals surface area contributed by atoms with E-state index in [1.165, 1.54) is 23.6 Å². The quantitative estimate of drug-likeness (QED) is 0.905. The maximum atomic E-state index is 12.4. The molecule has 0 fully saturated rings. The van der Waals surface area contributed by atoms with Crippen molar-refractivity contribution in [2.45, 2.75) is 38.1 Å². The molecule has 0 radical (unpaired) electrons. The second kappa shape index (κ2) is 6.07. The Balaban J connectivity index is 3.09. The van der Waals surface area contributed by atoms with Crippen LogP contribution in [0.4, 0.5) is 0 Å². The van der Waals surface area contributed by atoms with Gasteiger partial charge in [0.25, 0.3) is 5.56 Å². The zero-order chi connectivity index (χ0) is 14.8. The van der Waals surface area contributed by atoms with Crippen molar-refractivity contribution in [1.82, 2.24) is 9.29 Å². The fraction of sp³-hybridized carbons (Fsp3) is 0.583. The maximum Gasteiger partial charge on any atom is 0.266 e. The summed E-state index contributed by atoms with van der Waals surface area (Å²) in [5.74, 6) is 0.395. The molecule has 5 nitrogen and oxygen atoms in total. The molecule has 0 aliphatic rings. The van der Waals surface area contributed by atoms with Gasteiger partial charge in [-0.15, -0.1) is 0 Å². The van der Waals surface area contributed by atoms with E-state index in [1.54, 1.807) is 0 Å². The van der Waals surface area contributed by atoms with Gasteiger partial charge in [0, 0.05) is 19.3 Å². The molecule has 0 aromatic carbocycles. The highest BCUT2D eigenvalue weighted by Crippen LogP contribution is 2.20. The molecule has 108 valence electrons. The highest BCUT2D eigenvalue weighted by atomic mass is 35.5. The van der Waals surface area contributed by atoms with Crippen molar-refractivity contribution < 1.29 is 8.42 Å². The summed E-state index contributed by atoms with van der Waals surface area (Å²) in [6, 6.07) is 1.05. The molecule has 1 rings (SSSR count). The summed E-state index contributed by atoms with van der Waals surface area (Å²) in [5.41, 5.74) is -0.501. The van der Waals surface area contributed by atoms with Crippen molar-refractivity contribution in [3.8, 4) is 0 Å². The minimum atomic E-state index is -3.64. The van der Waals surface area contributed by atoms with Gasteiger partial charge < -0.3 is 4.98 Å². The third-order valence-electron chi connectivity index (χ3n) is 2.94. The first-order valence-electron chi connectivity index (χ1n) is 6.02. The lowest BCUT2D eigenvalue weighted by Gasteiger charge is -2.25. The average molecular weight is 307 g/mol. The predicted molar refractivity (Wildman–Crippen MR) is 75.9 cm³/mol. The number of rotatable bonds is 5. The van der Waals surface area contributed by atoms with Crippen molar-refractivity contribution in [3.05, 3.63) is 27.6 Å². The zero-order valence-electron chi connectivity index (χ0n) is 11.5. The van der Waals surface area contributed by atoms with Gasteiger partial charge in [-0.05, 0) is 25.3 Å². The number of aromatic nitrogens is 1. The first-order chi connectivity index (χ1) is 8.66. The molecular weight excluding hydrogens is 288 g/mol. The van der Waals surface area contributed by atoms with Gasteiger partial charge in [-0.1, -0.05) is 25.4 Å². The smallest absolute Gasteiger partial charge is 0.266 e. The van der Waals surface area contributed by atoms with Gasteiger partial charge in [0.1, 0.15) is 5.02 Å². The molecule has 1 aromatic heterocycles. The number of hydrogen-bond donors (Lipinski definition) is 1. The van der Waals surface area contributed by atoms with Crippen LogP contribution in [0.15, 0.2) is 22.0 Å². The largest absolute Gasteiger partial charge is 0.326 e. The Morgan fingerprint density at radius 2 is 1.95 bits per heavy atom. The summed E-state index contributed by atoms with van der Waals surface area (Å²) in [6.45, 7) is 5.92. The van der Waals surface area contributed by atoms with Crippen LogP contribution in [0, 0.1) is 5.92 Å². The van der Waals surface area contributed by atoms with E-state index >= 15 is 0 Å². The van der Waals surface area contributed by atoms with Crippen LogP contribution in [0.2, 0.25) is 5.02 Å². The predicted octanol–water partition coefficient (Wildman–Crippen LogP) is 2.08. The van der Waals surface area contributed by atoms with Gasteiger partial charge in [0.15, 0.2) is 0 Å². The van der Waals surface area contributed by atoms with E-state index in [4.69, 9.17) is 11.6 Å². The van der Waals surface area contributed by atoms with E-state index < -0.39 is 15.6 Å². The number of pyridine rings is 1. The second-order valence-corrected chi connectivity index (χ2v) is 7.42. The van der Waals surface area contributed by atoms with Gasteiger partial charge in [-0.2, -0.15) is 4.31 Å². The van der Waals surface area contributed by atoms with Crippen LogP contribution in [0.3, 0.4) is 0 Å². The van der Waals surface area contributed by atoms with E-state index in [1.807, 2.05) is 20.8 Å². The van der Waals surface area contributed by atoms with Gasteiger partial charge in [0.05, 0.1) is 4.90 Å². The van der Waals surface area contributed by atoms with Crippen molar-refractivity contribution in [2.24, 2.45) is 5.92 Å². The van der Waals surface area contributed by atoms with E-state index in [2.05, 4.69) is 4.98 Å². The molecule has 1 unspecified atom stereocenters. The summed E-state index contributed by atoms with van der Waals surface area (Å²) in [6.07, 6.45) is 1.93. The molecule has 1 atom stereocenters. The van der Waals surface area contributed by atoms with Crippen LogP contribution >= 0.6 is 11.6 Å². The van der Waals surface area contributed by atoms with Gasteiger partial charge in [-0.25, -0.2) is 8.42 Å². The summed E-state index contributed by atoms with van der Waals surface area (Å²) in [5, 5.41) is -0.133. The fourth-order valence-electron chi connectivity index (χ4n) is 1.82. The molecule has 0 saturated heterocycles. The number of H-pyrrole nitrogens is 1. The van der Waals surface area contributed by atoms with Crippen LogP contribution in [0.5, 0.6) is 0 Å². The Morgan fingerprint density at radius 3 is 2.42 bits per heavy atom. The number of nitrogens with one attached hydrogen (secondary N) is 1. The zero-order valence-corrected chi connectivity index (χ0v) is 13.0. The van der Waals surface area contributed by atoms with Gasteiger partial charge >= 0.3 is 0 Å². The summed E-state index contributed by atoms with van der Waals surface area (Å²) in [4.78, 5) is 13.5. The van der Waals surface area contributed by atoms with Crippen molar-refractivity contribution in [1.29, 1.82) is 0 Å². The third kappa shape index (κ3) is 3.81. The van der Waals surface area contributed by atoms with Crippen LogP contribution < -0.4 is 5.56 Å². The van der Waals surface area contributed by atoms with E-state index in [-0.39, 0.29) is 16.0 Å². The lowest BCUT2D eigenvalue weighted by atomic mass is 10.1. The van der Waals surface area contributed by atoms with Crippen molar-refractivity contribution >= 4 is 21.6 Å². The van der Waals surface area contributed by atoms with E-state index in [9.17, 15) is 13.2 Å². The summed E-state index contributed by atoms with van der Waals surface area (Å²) in [7, 11) is -2.12. The topological polar surface area (TPSA) is 70.2 Å². The molecule has 1 aromatic rings. The fourth-order valence-corrected chi connectivity index (χ4v) is 3.42. The van der Waals surface area contributed by atoms with E-state index in [0.717, 1.165) is 6.42 Å². The molecule has 19 heavy (non-hydrogen) atoms. The standard InChI is InChI=1S/C12H19ClN2O3S/c1-8(2)5-9(3)15(4)19(17,18)10-6-11(13)12(16)14-7-10/h6-9H,5H2,1-4H3,(H,14,16). The van der Waals surface area contributed by atoms with Crippen LogP contribution in [0.25, 0.3) is 0 Å². The summed E-state index contributed by atoms with van der Waals surface area (Å²) >= 11 is 5.66. The van der Waals surface area contributed by atoms with Gasteiger partial charge in [-0.3, -0.25) is 4.79 Å². The number of hydrogen-bond acceptors (Lipinski definition) is 3. The van der Waals surface area contributed by atoms with Crippen LogP contribution in [-0.4, -0.2) is 30.8 Å².